The van der Waals surface area contributed by atoms with Crippen molar-refractivity contribution >= 4 is 56.8 Å². The highest BCUT2D eigenvalue weighted by molar-refractivity contribution is 9.10. The highest BCUT2D eigenvalue weighted by Crippen LogP contribution is 2.31. The van der Waals surface area contributed by atoms with E-state index in [4.69, 9.17) is 14.2 Å². The van der Waals surface area contributed by atoms with Gasteiger partial charge in [-0.25, -0.2) is 4.68 Å². The molecule has 17 nitrogen and oxygen atoms in total. The first-order chi connectivity index (χ1) is 27.5. The minimum atomic E-state index is -0.705. The number of imide groups is 1. The minimum Gasteiger partial charge on any atom is -0.379 e. The third-order valence-electron chi connectivity index (χ3n) is 10.0. The summed E-state index contributed by atoms with van der Waals surface area (Å²) < 4.78 is 18.2. The first-order valence-electron chi connectivity index (χ1n) is 18.8. The molecule has 3 unspecified atom stereocenters. The van der Waals surface area contributed by atoms with Gasteiger partial charge in [-0.2, -0.15) is 5.10 Å². The van der Waals surface area contributed by atoms with Crippen LogP contribution in [0.3, 0.4) is 0 Å². The van der Waals surface area contributed by atoms with E-state index >= 15 is 0 Å². The van der Waals surface area contributed by atoms with Crippen molar-refractivity contribution in [2.45, 2.75) is 43.8 Å². The maximum absolute atomic E-state index is 12.9. The summed E-state index contributed by atoms with van der Waals surface area (Å²) in [6.07, 6.45) is 2.97. The molecule has 2 saturated heterocycles. The Hall–Kier alpha value is -5.01. The number of benzene rings is 2. The first-order valence-corrected chi connectivity index (χ1v) is 19.6. The molecule has 57 heavy (non-hydrogen) atoms. The number of likely N-dealkylation sites (N-methyl/N-ethyl adjacent to an activating group) is 1. The molecule has 6 rings (SSSR count). The molecule has 0 saturated carbocycles. The molecule has 2 aromatic carbocycles. The Balaban J connectivity index is 0.803. The molecule has 0 spiro atoms. The number of halogens is 1. The number of amides is 5. The van der Waals surface area contributed by atoms with Crippen molar-refractivity contribution in [1.29, 1.82) is 0 Å². The fraction of sp³-hybridized carbons (Fsp3) is 0.462. The van der Waals surface area contributed by atoms with Crippen molar-refractivity contribution in [2.75, 3.05) is 77.0 Å². The van der Waals surface area contributed by atoms with Crippen LogP contribution in [0.25, 0.3) is 0 Å². The summed E-state index contributed by atoms with van der Waals surface area (Å²) in [4.78, 5) is 77.7. The largest absolute Gasteiger partial charge is 0.379 e. The molecule has 3 atom stereocenters. The topological polar surface area (TPSA) is 203 Å². The van der Waals surface area contributed by atoms with Gasteiger partial charge in [-0.15, -0.1) is 0 Å². The predicted molar refractivity (Wildman–Crippen MR) is 212 cm³/mol. The quantitative estimate of drug-likeness (QED) is 0.113. The highest BCUT2D eigenvalue weighted by Gasteiger charge is 2.39. The molecule has 4 heterocycles. The fourth-order valence-electron chi connectivity index (χ4n) is 7.20. The van der Waals surface area contributed by atoms with Crippen molar-refractivity contribution < 1.29 is 38.2 Å². The summed E-state index contributed by atoms with van der Waals surface area (Å²) in [5, 5.41) is 15.5. The monoisotopic (exact) mass is 850 g/mol. The smallest absolute Gasteiger partial charge is 0.282 e. The van der Waals surface area contributed by atoms with Crippen molar-refractivity contribution in [3.63, 3.8) is 0 Å². The van der Waals surface area contributed by atoms with Gasteiger partial charge in [-0.3, -0.25) is 34.1 Å². The molecule has 3 aliphatic heterocycles. The Kier molecular flexibility index (Phi) is 14.2. The summed E-state index contributed by atoms with van der Waals surface area (Å²) in [7, 11) is 3.68. The van der Waals surface area contributed by atoms with Crippen LogP contribution in [-0.4, -0.2) is 128 Å². The normalized spacial score (nSPS) is 19.6. The standard InChI is InChI=1S/C39H47BrN8O9/c1-46-20-26(17-29(22-46)43-31-19-42-47(2)39(54)35(31)40)24-3-5-25(6-4-24)36(51)41-11-12-55-13-14-56-15-16-57-23-34(50)44-28-7-8-30-27(18-28)21-48(38(30)53)32-9-10-33(49)45-37(32)52/h3-8,18-19,26,29,32,43H,9-17,20-23H2,1-2H3,(H,41,51)(H,44,50)(H,45,49,52). The van der Waals surface area contributed by atoms with Crippen LogP contribution in [0, 0.1) is 0 Å². The average Bonchev–Trinajstić information content (AvgIpc) is 3.51. The lowest BCUT2D eigenvalue weighted by Crippen LogP contribution is -2.52. The van der Waals surface area contributed by atoms with Gasteiger partial charge in [0.1, 0.15) is 17.1 Å². The zero-order chi connectivity index (χ0) is 40.5. The molecule has 2 fully saturated rings. The van der Waals surface area contributed by atoms with Gasteiger partial charge >= 0.3 is 0 Å². The van der Waals surface area contributed by atoms with E-state index in [1.807, 2.05) is 24.3 Å². The second kappa shape index (κ2) is 19.4. The van der Waals surface area contributed by atoms with Gasteiger partial charge in [-0.1, -0.05) is 12.1 Å². The number of aromatic nitrogens is 2. The molecular weight excluding hydrogens is 804 g/mol. The van der Waals surface area contributed by atoms with Crippen LogP contribution >= 0.6 is 15.9 Å². The molecular formula is C39H47BrN8O9. The van der Waals surface area contributed by atoms with E-state index in [-0.39, 0.29) is 80.4 Å². The van der Waals surface area contributed by atoms with Crippen LogP contribution < -0.4 is 26.8 Å². The van der Waals surface area contributed by atoms with E-state index in [0.29, 0.717) is 58.9 Å². The van der Waals surface area contributed by atoms with E-state index in [1.54, 1.807) is 31.4 Å². The van der Waals surface area contributed by atoms with E-state index in [2.05, 4.69) is 54.2 Å². The van der Waals surface area contributed by atoms with Crippen molar-refractivity contribution in [3.8, 4) is 0 Å². The molecule has 5 amide bonds. The zero-order valence-electron chi connectivity index (χ0n) is 31.9. The minimum absolute atomic E-state index is 0.114. The van der Waals surface area contributed by atoms with Gasteiger partial charge in [0.2, 0.25) is 17.7 Å². The lowest BCUT2D eigenvalue weighted by atomic mass is 9.87. The Bertz CT molecular complexity index is 2030. The third-order valence-corrected chi connectivity index (χ3v) is 10.8. The second-order valence-electron chi connectivity index (χ2n) is 14.3. The Morgan fingerprint density at radius 3 is 2.44 bits per heavy atom. The summed E-state index contributed by atoms with van der Waals surface area (Å²) in [6.45, 7) is 3.49. The van der Waals surface area contributed by atoms with Crippen LogP contribution in [0.1, 0.15) is 57.0 Å². The van der Waals surface area contributed by atoms with Gasteiger partial charge in [0.05, 0.1) is 44.9 Å². The number of carbonyl (C=O) groups is 5. The fourth-order valence-corrected chi connectivity index (χ4v) is 7.67. The molecule has 3 aliphatic rings. The molecule has 304 valence electrons. The van der Waals surface area contributed by atoms with Gasteiger partial charge in [-0.05, 0) is 83.2 Å². The highest BCUT2D eigenvalue weighted by atomic mass is 79.9. The van der Waals surface area contributed by atoms with E-state index < -0.39 is 11.9 Å². The molecule has 4 N–H and O–H groups in total. The van der Waals surface area contributed by atoms with Crippen molar-refractivity contribution in [1.82, 2.24) is 30.2 Å². The van der Waals surface area contributed by atoms with Crippen molar-refractivity contribution in [2.24, 2.45) is 7.05 Å². The molecule has 0 bridgehead atoms. The lowest BCUT2D eigenvalue weighted by Gasteiger charge is -2.37. The van der Waals surface area contributed by atoms with Gasteiger partial charge in [0.25, 0.3) is 17.4 Å². The van der Waals surface area contributed by atoms with Gasteiger partial charge in [0, 0.05) is 62.5 Å². The number of hydrogen-bond acceptors (Lipinski definition) is 12. The number of hydrogen-bond donors (Lipinski definition) is 4. The van der Waals surface area contributed by atoms with Crippen LogP contribution in [0.15, 0.2) is 57.9 Å². The molecule has 3 aromatic rings. The van der Waals surface area contributed by atoms with Crippen LogP contribution in [0.4, 0.5) is 11.4 Å². The summed E-state index contributed by atoms with van der Waals surface area (Å²) in [5.74, 6) is -1.41. The summed E-state index contributed by atoms with van der Waals surface area (Å²) in [5.41, 5.74) is 3.82. The lowest BCUT2D eigenvalue weighted by molar-refractivity contribution is -0.137. The molecule has 0 radical (unpaired) electrons. The van der Waals surface area contributed by atoms with Crippen LogP contribution in [0.2, 0.25) is 0 Å². The van der Waals surface area contributed by atoms with Crippen LogP contribution in [0.5, 0.6) is 0 Å². The first kappa shape index (κ1) is 41.6. The maximum atomic E-state index is 12.9. The van der Waals surface area contributed by atoms with Gasteiger partial charge in [0.15, 0.2) is 0 Å². The number of nitrogens with one attached hydrogen (secondary N) is 4. The van der Waals surface area contributed by atoms with E-state index in [9.17, 15) is 28.8 Å². The summed E-state index contributed by atoms with van der Waals surface area (Å²) >= 11 is 3.39. The molecule has 18 heteroatoms. The van der Waals surface area contributed by atoms with Gasteiger partial charge < -0.3 is 40.0 Å². The summed E-state index contributed by atoms with van der Waals surface area (Å²) in [6, 6.07) is 12.0. The number of ether oxygens (including phenoxy) is 3. The Labute approximate surface area is 337 Å². The number of aryl methyl sites for hydroxylation is 1. The number of piperidine rings is 2. The van der Waals surface area contributed by atoms with Crippen molar-refractivity contribution in [3.05, 3.63) is 85.7 Å². The number of nitrogens with zero attached hydrogens (tertiary/aromatic N) is 4. The number of rotatable bonds is 17. The number of likely N-dealkylation sites (tertiary alicyclic amines) is 1. The maximum Gasteiger partial charge on any atom is 0.282 e. The van der Waals surface area contributed by atoms with E-state index in [0.717, 1.165) is 25.1 Å². The van der Waals surface area contributed by atoms with E-state index in [1.165, 1.54) is 9.58 Å². The average molecular weight is 852 g/mol. The molecule has 1 aromatic heterocycles. The Morgan fingerprint density at radius 1 is 0.947 bits per heavy atom. The second-order valence-corrected chi connectivity index (χ2v) is 15.1. The van der Waals surface area contributed by atoms with Crippen LogP contribution in [-0.2, 0) is 42.2 Å². The Morgan fingerprint density at radius 2 is 1.68 bits per heavy atom. The third kappa shape index (κ3) is 10.9. The SMILES string of the molecule is CN1CC(Nc2cnn(C)c(=O)c2Br)CC(c2ccc(C(=O)NCCOCCOCCOCC(=O)Nc3ccc4c(c3)CN(C3CCC(=O)NC3=O)C4=O)cc2)C1. The number of anilines is 2. The molecule has 0 aliphatic carbocycles. The number of fused-ring (bicyclic) bond motifs is 1. The zero-order valence-corrected chi connectivity index (χ0v) is 33.5. The predicted octanol–water partition coefficient (Wildman–Crippen LogP) is 1.62. The number of carbonyl (C=O) groups excluding carboxylic acids is 5.